The normalized spacial score (nSPS) is 24.2. The van der Waals surface area contributed by atoms with Gasteiger partial charge in [-0.15, -0.1) is 0 Å². The minimum atomic E-state index is -1.79. The van der Waals surface area contributed by atoms with E-state index in [2.05, 4.69) is 0 Å². The predicted molar refractivity (Wildman–Crippen MR) is 40.8 cm³/mol. The average molecular weight is 180 g/mol. The van der Waals surface area contributed by atoms with Crippen LogP contribution in [-0.4, -0.2) is 39.9 Å². The van der Waals surface area contributed by atoms with Crippen LogP contribution in [0.15, 0.2) is 0 Å². The number of hydrogen-bond acceptors (Lipinski definition) is 3. The zero-order chi connectivity index (χ0) is 8.32. The summed E-state index contributed by atoms with van der Waals surface area (Å²) in [5.41, 5.74) is -0.478. The Hall–Kier alpha value is 0.0300. The van der Waals surface area contributed by atoms with Crippen LogP contribution in [0.25, 0.3) is 0 Å². The minimum Gasteiger partial charge on any atom is -0.375 e. The van der Waals surface area contributed by atoms with Crippen LogP contribution in [0.5, 0.6) is 0 Å². The van der Waals surface area contributed by atoms with Gasteiger partial charge in [-0.3, -0.25) is 0 Å². The molecule has 0 aliphatic carbocycles. The van der Waals surface area contributed by atoms with E-state index in [1.54, 1.807) is 0 Å². The van der Waals surface area contributed by atoms with Gasteiger partial charge < -0.3 is 14.0 Å². The van der Waals surface area contributed by atoms with Gasteiger partial charge in [0.25, 0.3) is 0 Å². The molecule has 0 spiro atoms. The average Bonchev–Trinajstić information content (AvgIpc) is 1.82. The van der Waals surface area contributed by atoms with Gasteiger partial charge in [0.1, 0.15) is 5.60 Å². The molecule has 4 nitrogen and oxygen atoms in total. The third kappa shape index (κ3) is 2.23. The van der Waals surface area contributed by atoms with E-state index in [9.17, 15) is 4.21 Å². The van der Waals surface area contributed by atoms with E-state index in [4.69, 9.17) is 14.0 Å². The third-order valence-corrected chi connectivity index (χ3v) is 2.34. The summed E-state index contributed by atoms with van der Waals surface area (Å²) in [5, 5.41) is 0. The predicted octanol–water partition coefficient (Wildman–Crippen LogP) is 0.0136. The van der Waals surface area contributed by atoms with Gasteiger partial charge in [0.2, 0.25) is 0 Å². The Bertz CT molecular complexity index is 155. The molecule has 11 heavy (non-hydrogen) atoms. The summed E-state index contributed by atoms with van der Waals surface area (Å²) in [6.07, 6.45) is 0. The van der Waals surface area contributed by atoms with Gasteiger partial charge in [-0.05, 0) is 6.92 Å². The zero-order valence-corrected chi connectivity index (χ0v) is 7.23. The van der Waals surface area contributed by atoms with Crippen LogP contribution in [0.2, 0.25) is 0 Å². The summed E-state index contributed by atoms with van der Waals surface area (Å²) in [6.45, 7) is 3.29. The first-order chi connectivity index (χ1) is 5.18. The van der Waals surface area contributed by atoms with Crippen LogP contribution < -0.4 is 0 Å². The highest BCUT2D eigenvalue weighted by atomic mass is 32.2. The molecule has 0 saturated carbocycles. The number of rotatable bonds is 4. The molecule has 0 bridgehead atoms. The van der Waals surface area contributed by atoms with Gasteiger partial charge in [0.05, 0.1) is 19.0 Å². The van der Waals surface area contributed by atoms with Gasteiger partial charge in [0.15, 0.2) is 11.1 Å². The second kappa shape index (κ2) is 3.62. The first kappa shape index (κ1) is 9.12. The molecule has 1 saturated heterocycles. The van der Waals surface area contributed by atoms with Crippen LogP contribution in [0, 0.1) is 0 Å². The van der Waals surface area contributed by atoms with Gasteiger partial charge in [-0.2, -0.15) is 0 Å². The van der Waals surface area contributed by atoms with E-state index in [-0.39, 0.29) is 5.75 Å². The highest BCUT2D eigenvalue weighted by Crippen LogP contribution is 2.22. The monoisotopic (exact) mass is 180 g/mol. The molecule has 0 aromatic carbocycles. The van der Waals surface area contributed by atoms with Gasteiger partial charge in [0, 0.05) is 6.61 Å². The van der Waals surface area contributed by atoms with Crippen LogP contribution in [0.3, 0.4) is 0 Å². The Morgan fingerprint density at radius 2 is 2.36 bits per heavy atom. The molecule has 1 N–H and O–H groups in total. The fraction of sp³-hybridized carbons (Fsp3) is 1.00. The van der Waals surface area contributed by atoms with Crippen molar-refractivity contribution in [2.45, 2.75) is 12.5 Å². The second-order valence-electron chi connectivity index (χ2n) is 2.57. The molecule has 5 heteroatoms. The molecule has 1 heterocycles. The Morgan fingerprint density at radius 1 is 1.73 bits per heavy atom. The molecule has 0 aromatic rings. The first-order valence-corrected chi connectivity index (χ1v) is 4.75. The molecule has 66 valence electrons. The summed E-state index contributed by atoms with van der Waals surface area (Å²) in [5.74, 6) is 0.154. The largest absolute Gasteiger partial charge is 0.375 e. The van der Waals surface area contributed by atoms with Crippen LogP contribution >= 0.6 is 0 Å². The Labute approximate surface area is 68.2 Å². The maximum atomic E-state index is 10.5. The maximum absolute atomic E-state index is 10.5. The van der Waals surface area contributed by atoms with Crippen molar-refractivity contribution in [3.05, 3.63) is 0 Å². The van der Waals surface area contributed by atoms with Crippen LogP contribution in [0.4, 0.5) is 0 Å². The van der Waals surface area contributed by atoms with E-state index in [1.165, 1.54) is 0 Å². The highest BCUT2D eigenvalue weighted by Gasteiger charge is 2.41. The topological polar surface area (TPSA) is 55.8 Å². The van der Waals surface area contributed by atoms with E-state index in [1.807, 2.05) is 6.92 Å². The Morgan fingerprint density at radius 3 is 2.64 bits per heavy atom. The maximum Gasteiger partial charge on any atom is 0.155 e. The molecule has 0 amide bonds. The molecule has 0 aromatic heterocycles. The molecule has 1 fully saturated rings. The van der Waals surface area contributed by atoms with Crippen LogP contribution in [0.1, 0.15) is 6.92 Å². The van der Waals surface area contributed by atoms with Crippen molar-refractivity contribution in [1.29, 1.82) is 0 Å². The summed E-state index contributed by atoms with van der Waals surface area (Å²) in [4.78, 5) is 0. The van der Waals surface area contributed by atoms with E-state index in [0.29, 0.717) is 19.8 Å². The third-order valence-electron chi connectivity index (χ3n) is 1.57. The molecule has 1 aliphatic heterocycles. The molecule has 0 radical (unpaired) electrons. The quantitative estimate of drug-likeness (QED) is 0.619. The lowest BCUT2D eigenvalue weighted by Gasteiger charge is -2.39. The van der Waals surface area contributed by atoms with Gasteiger partial charge in [-0.25, -0.2) is 4.21 Å². The summed E-state index contributed by atoms with van der Waals surface area (Å²) in [6, 6.07) is 0. The number of ether oxygens (including phenoxy) is 2. The fourth-order valence-corrected chi connectivity index (χ4v) is 1.77. The number of hydrogen-bond donors (Lipinski definition) is 1. The zero-order valence-electron chi connectivity index (χ0n) is 6.41. The molecular weight excluding hydrogens is 168 g/mol. The van der Waals surface area contributed by atoms with Crippen molar-refractivity contribution >= 4 is 11.1 Å². The molecule has 1 unspecified atom stereocenters. The van der Waals surface area contributed by atoms with Crippen molar-refractivity contribution in [1.82, 2.24) is 0 Å². The van der Waals surface area contributed by atoms with Gasteiger partial charge >= 0.3 is 0 Å². The van der Waals surface area contributed by atoms with E-state index < -0.39 is 16.7 Å². The summed E-state index contributed by atoms with van der Waals surface area (Å²) in [7, 11) is 0. The highest BCUT2D eigenvalue weighted by molar-refractivity contribution is 7.79. The Balaban J connectivity index is 2.39. The van der Waals surface area contributed by atoms with Gasteiger partial charge in [-0.1, -0.05) is 0 Å². The van der Waals surface area contributed by atoms with Crippen molar-refractivity contribution in [2.75, 3.05) is 25.6 Å². The van der Waals surface area contributed by atoms with Crippen molar-refractivity contribution < 1.29 is 18.2 Å². The smallest absolute Gasteiger partial charge is 0.155 e. The first-order valence-electron chi connectivity index (χ1n) is 3.48. The lowest BCUT2D eigenvalue weighted by molar-refractivity contribution is -0.193. The van der Waals surface area contributed by atoms with Crippen LogP contribution in [-0.2, 0) is 20.6 Å². The fourth-order valence-electron chi connectivity index (χ4n) is 1.07. The SMILES string of the molecule is CCOC1(CS(=O)O)COC1. The summed E-state index contributed by atoms with van der Waals surface area (Å²) >= 11 is -1.79. The minimum absolute atomic E-state index is 0.154. The summed E-state index contributed by atoms with van der Waals surface area (Å²) < 4.78 is 29.3. The lowest BCUT2D eigenvalue weighted by Crippen LogP contribution is -2.55. The van der Waals surface area contributed by atoms with Crippen molar-refractivity contribution in [3.8, 4) is 0 Å². The second-order valence-corrected chi connectivity index (χ2v) is 3.51. The van der Waals surface area contributed by atoms with E-state index >= 15 is 0 Å². The molecule has 1 atom stereocenters. The van der Waals surface area contributed by atoms with E-state index in [0.717, 1.165) is 0 Å². The standard InChI is InChI=1S/C6H12O4S/c1-2-10-6(3-9-4-6)5-11(7)8/h2-5H2,1H3,(H,7,8). The lowest BCUT2D eigenvalue weighted by atomic mass is 10.1. The van der Waals surface area contributed by atoms with Crippen molar-refractivity contribution in [3.63, 3.8) is 0 Å². The molecule has 1 rings (SSSR count). The molecular formula is C6H12O4S. The van der Waals surface area contributed by atoms with Crippen molar-refractivity contribution in [2.24, 2.45) is 0 Å². The molecule has 1 aliphatic rings. The Kier molecular flexibility index (Phi) is 3.00.